The molecular weight excluding hydrogens is 292 g/mol. The summed E-state index contributed by atoms with van der Waals surface area (Å²) in [5.41, 5.74) is 0.814. The maximum Gasteiger partial charge on any atom is 0.320 e. The Hall–Kier alpha value is -1.92. The molecule has 7 heteroatoms. The largest absolute Gasteiger partial charge is 0.457 e. The van der Waals surface area contributed by atoms with E-state index in [9.17, 15) is 0 Å². The van der Waals surface area contributed by atoms with Gasteiger partial charge in [0.25, 0.3) is 0 Å². The number of pyridine rings is 1. The number of ether oxygens (including phenoxy) is 2. The van der Waals surface area contributed by atoms with Gasteiger partial charge in [0.1, 0.15) is 17.6 Å². The zero-order valence-electron chi connectivity index (χ0n) is 11.4. The Bertz CT molecular complexity index is 591. The number of nitrogens with zero attached hydrogens (tertiary/aromatic N) is 4. The minimum absolute atomic E-state index is 0.259. The van der Waals surface area contributed by atoms with Crippen molar-refractivity contribution < 1.29 is 9.47 Å². The molecular formula is C14H15ClN4O2. The summed E-state index contributed by atoms with van der Waals surface area (Å²) in [6.45, 7) is 3.25. The number of aromatic nitrogens is 3. The van der Waals surface area contributed by atoms with Crippen molar-refractivity contribution in [3.63, 3.8) is 0 Å². The zero-order valence-corrected chi connectivity index (χ0v) is 12.2. The maximum atomic E-state index is 6.05. The lowest BCUT2D eigenvalue weighted by molar-refractivity contribution is 0.122. The van der Waals surface area contributed by atoms with Crippen molar-refractivity contribution in [1.82, 2.24) is 15.0 Å². The van der Waals surface area contributed by atoms with Crippen LogP contribution < -0.4 is 9.64 Å². The molecule has 0 bridgehead atoms. The van der Waals surface area contributed by atoms with Crippen molar-refractivity contribution in [2.24, 2.45) is 0 Å². The van der Waals surface area contributed by atoms with Crippen LogP contribution in [0.3, 0.4) is 0 Å². The van der Waals surface area contributed by atoms with E-state index in [1.807, 2.05) is 18.2 Å². The van der Waals surface area contributed by atoms with Crippen molar-refractivity contribution in [2.45, 2.75) is 6.61 Å². The standard InChI is InChI=1S/C14H15ClN4O2/c15-12-9-13(19-5-7-20-8-6-19)18-14(17-12)21-10-11-3-1-2-4-16-11/h1-4,9H,5-8,10H2. The minimum Gasteiger partial charge on any atom is -0.457 e. The van der Waals surface area contributed by atoms with Gasteiger partial charge in [-0.1, -0.05) is 17.7 Å². The maximum absolute atomic E-state index is 6.05. The molecule has 21 heavy (non-hydrogen) atoms. The van der Waals surface area contributed by atoms with Crippen LogP contribution >= 0.6 is 11.6 Å². The Morgan fingerprint density at radius 3 is 2.86 bits per heavy atom. The third kappa shape index (κ3) is 3.80. The summed E-state index contributed by atoms with van der Waals surface area (Å²) in [6.07, 6.45) is 1.72. The first-order valence-corrected chi connectivity index (χ1v) is 7.09. The van der Waals surface area contributed by atoms with Crippen LogP contribution in [0.4, 0.5) is 5.82 Å². The zero-order chi connectivity index (χ0) is 14.5. The van der Waals surface area contributed by atoms with Gasteiger partial charge in [-0.15, -0.1) is 0 Å². The third-order valence-electron chi connectivity index (χ3n) is 3.07. The molecule has 0 spiro atoms. The first-order chi connectivity index (χ1) is 10.3. The summed E-state index contributed by atoms with van der Waals surface area (Å²) in [5.74, 6) is 0.759. The molecule has 110 valence electrons. The van der Waals surface area contributed by atoms with Crippen molar-refractivity contribution >= 4 is 17.4 Å². The number of halogens is 1. The summed E-state index contributed by atoms with van der Waals surface area (Å²) in [7, 11) is 0. The molecule has 0 aliphatic carbocycles. The van der Waals surface area contributed by atoms with E-state index in [4.69, 9.17) is 21.1 Å². The van der Waals surface area contributed by atoms with Gasteiger partial charge in [-0.2, -0.15) is 9.97 Å². The number of hydrogen-bond acceptors (Lipinski definition) is 6. The molecule has 0 atom stereocenters. The Morgan fingerprint density at radius 2 is 2.10 bits per heavy atom. The number of morpholine rings is 1. The van der Waals surface area contributed by atoms with Gasteiger partial charge >= 0.3 is 6.01 Å². The molecule has 3 rings (SSSR count). The topological polar surface area (TPSA) is 60.4 Å². The lowest BCUT2D eigenvalue weighted by atomic mass is 10.4. The van der Waals surface area contributed by atoms with Gasteiger partial charge in [-0.25, -0.2) is 0 Å². The van der Waals surface area contributed by atoms with Crippen LogP contribution in [0.25, 0.3) is 0 Å². The van der Waals surface area contributed by atoms with Crippen LogP contribution in [0.1, 0.15) is 5.69 Å². The predicted octanol–water partition coefficient (Wildman–Crippen LogP) is 1.94. The smallest absolute Gasteiger partial charge is 0.320 e. The van der Waals surface area contributed by atoms with Gasteiger partial charge in [-0.05, 0) is 12.1 Å². The lowest BCUT2D eigenvalue weighted by Gasteiger charge is -2.27. The van der Waals surface area contributed by atoms with E-state index in [0.29, 0.717) is 25.0 Å². The van der Waals surface area contributed by atoms with Gasteiger partial charge in [0.2, 0.25) is 0 Å². The summed E-state index contributed by atoms with van der Waals surface area (Å²) < 4.78 is 10.9. The predicted molar refractivity (Wildman–Crippen MR) is 78.6 cm³/mol. The molecule has 1 aliphatic rings. The fraction of sp³-hybridized carbons (Fsp3) is 0.357. The molecule has 0 unspecified atom stereocenters. The van der Waals surface area contributed by atoms with E-state index in [0.717, 1.165) is 24.6 Å². The highest BCUT2D eigenvalue weighted by atomic mass is 35.5. The minimum atomic E-state index is 0.259. The molecule has 0 saturated carbocycles. The first kappa shape index (κ1) is 14.0. The molecule has 2 aromatic heterocycles. The molecule has 0 N–H and O–H groups in total. The van der Waals surface area contributed by atoms with Gasteiger partial charge in [-0.3, -0.25) is 4.98 Å². The van der Waals surface area contributed by atoms with Gasteiger partial charge in [0.15, 0.2) is 0 Å². The van der Waals surface area contributed by atoms with Crippen LogP contribution in [0.5, 0.6) is 6.01 Å². The molecule has 0 aromatic carbocycles. The molecule has 1 aliphatic heterocycles. The number of hydrogen-bond donors (Lipinski definition) is 0. The molecule has 1 fully saturated rings. The summed E-state index contributed by atoms with van der Waals surface area (Å²) >= 11 is 6.05. The molecule has 0 radical (unpaired) electrons. The fourth-order valence-electron chi connectivity index (χ4n) is 2.03. The van der Waals surface area contributed by atoms with Gasteiger partial charge in [0, 0.05) is 25.4 Å². The SMILES string of the molecule is Clc1cc(N2CCOCC2)nc(OCc2ccccn2)n1. The highest BCUT2D eigenvalue weighted by Gasteiger charge is 2.15. The van der Waals surface area contributed by atoms with Crippen molar-refractivity contribution in [3.8, 4) is 6.01 Å². The van der Waals surface area contributed by atoms with E-state index in [2.05, 4.69) is 19.9 Å². The Kier molecular flexibility index (Phi) is 4.47. The van der Waals surface area contributed by atoms with Crippen LogP contribution in [0.2, 0.25) is 5.15 Å². The van der Waals surface area contributed by atoms with Crippen LogP contribution in [-0.4, -0.2) is 41.3 Å². The Labute approximate surface area is 127 Å². The Morgan fingerprint density at radius 1 is 1.24 bits per heavy atom. The summed E-state index contributed by atoms with van der Waals surface area (Å²) in [5, 5.41) is 0.363. The second-order valence-electron chi connectivity index (χ2n) is 4.54. The van der Waals surface area contributed by atoms with E-state index in [1.165, 1.54) is 0 Å². The molecule has 1 saturated heterocycles. The Balaban J connectivity index is 1.71. The lowest BCUT2D eigenvalue weighted by Crippen LogP contribution is -2.36. The van der Waals surface area contributed by atoms with E-state index in [-0.39, 0.29) is 6.01 Å². The van der Waals surface area contributed by atoms with Crippen molar-refractivity contribution in [3.05, 3.63) is 41.3 Å². The number of anilines is 1. The van der Waals surface area contributed by atoms with Crippen LogP contribution in [0.15, 0.2) is 30.5 Å². The summed E-state index contributed by atoms with van der Waals surface area (Å²) in [4.78, 5) is 14.8. The van der Waals surface area contributed by atoms with Gasteiger partial charge < -0.3 is 14.4 Å². The summed E-state index contributed by atoms with van der Waals surface area (Å²) in [6, 6.07) is 7.64. The highest BCUT2D eigenvalue weighted by Crippen LogP contribution is 2.20. The molecule has 0 amide bonds. The van der Waals surface area contributed by atoms with Crippen LogP contribution in [-0.2, 0) is 11.3 Å². The molecule has 3 heterocycles. The number of rotatable bonds is 4. The average molecular weight is 307 g/mol. The van der Waals surface area contributed by atoms with Crippen molar-refractivity contribution in [2.75, 3.05) is 31.2 Å². The third-order valence-corrected chi connectivity index (χ3v) is 3.26. The van der Waals surface area contributed by atoms with Crippen LogP contribution in [0, 0.1) is 0 Å². The van der Waals surface area contributed by atoms with Crippen molar-refractivity contribution in [1.29, 1.82) is 0 Å². The van der Waals surface area contributed by atoms with Gasteiger partial charge in [0.05, 0.1) is 18.9 Å². The average Bonchev–Trinajstić information content (AvgIpc) is 2.54. The molecule has 2 aromatic rings. The monoisotopic (exact) mass is 306 g/mol. The van der Waals surface area contributed by atoms with E-state index < -0.39 is 0 Å². The second kappa shape index (κ2) is 6.69. The quantitative estimate of drug-likeness (QED) is 0.805. The highest BCUT2D eigenvalue weighted by molar-refractivity contribution is 6.29. The molecule has 6 nitrogen and oxygen atoms in total. The second-order valence-corrected chi connectivity index (χ2v) is 4.93. The van der Waals surface area contributed by atoms with E-state index >= 15 is 0 Å². The fourth-order valence-corrected chi connectivity index (χ4v) is 2.20. The normalized spacial score (nSPS) is 15.0. The van der Waals surface area contributed by atoms with E-state index in [1.54, 1.807) is 12.3 Å². The first-order valence-electron chi connectivity index (χ1n) is 6.71.